The van der Waals surface area contributed by atoms with Gasteiger partial charge in [0.1, 0.15) is 4.21 Å². The highest BCUT2D eigenvalue weighted by molar-refractivity contribution is 7.94. The SMILES string of the molecule is CC(=O)c1cccc2c1c(NS(=O)(=O)c1ccc(Cl)s1)nn2Cc1cccc(C(NC(=O)O)C(C)(C)C)c1. The second-order valence-electron chi connectivity index (χ2n) is 9.92. The predicted molar refractivity (Wildman–Crippen MR) is 149 cm³/mol. The van der Waals surface area contributed by atoms with Crippen LogP contribution in [0.3, 0.4) is 0 Å². The average Bonchev–Trinajstić information content (AvgIpc) is 3.41. The van der Waals surface area contributed by atoms with Crippen LogP contribution in [0.5, 0.6) is 0 Å². The topological polar surface area (TPSA) is 130 Å². The van der Waals surface area contributed by atoms with Crippen LogP contribution in [-0.2, 0) is 16.6 Å². The molecule has 1 atom stereocenters. The smallest absolute Gasteiger partial charge is 0.405 e. The number of hydrogen-bond acceptors (Lipinski definition) is 6. The third-order valence-corrected chi connectivity index (χ3v) is 9.01. The van der Waals surface area contributed by atoms with Gasteiger partial charge in [0.15, 0.2) is 11.6 Å². The number of rotatable bonds is 8. The molecule has 2 heterocycles. The number of carbonyl (C=O) groups excluding carboxylic acids is 1. The summed E-state index contributed by atoms with van der Waals surface area (Å²) in [5.41, 5.74) is 2.13. The van der Waals surface area contributed by atoms with Gasteiger partial charge in [0.05, 0.1) is 27.8 Å². The van der Waals surface area contributed by atoms with Crippen molar-refractivity contribution in [3.05, 3.63) is 75.6 Å². The highest BCUT2D eigenvalue weighted by Gasteiger charge is 2.28. The molecule has 0 radical (unpaired) electrons. The van der Waals surface area contributed by atoms with Gasteiger partial charge in [-0.15, -0.1) is 11.3 Å². The standard InChI is InChI=1S/C26H27ClN4O5S2/c1-15(32)18-9-6-10-19-22(18)24(30-38(35,36)21-12-11-20(27)37-21)29-31(19)14-16-7-5-8-17(13-16)23(26(2,3)4)28-25(33)34/h5-13,23,28H,14H2,1-4H3,(H,29,30)(H,33,34). The summed E-state index contributed by atoms with van der Waals surface area (Å²) in [7, 11) is -4.00. The molecule has 200 valence electrons. The molecule has 0 saturated heterocycles. The number of ketones is 1. The molecule has 0 spiro atoms. The molecule has 12 heteroatoms. The summed E-state index contributed by atoms with van der Waals surface area (Å²) in [6.07, 6.45) is -1.12. The second-order valence-corrected chi connectivity index (χ2v) is 13.5. The van der Waals surface area contributed by atoms with E-state index in [0.29, 0.717) is 20.8 Å². The fourth-order valence-corrected chi connectivity index (χ4v) is 6.79. The minimum Gasteiger partial charge on any atom is -0.465 e. The van der Waals surface area contributed by atoms with E-state index < -0.39 is 22.2 Å². The van der Waals surface area contributed by atoms with Gasteiger partial charge in [-0.05, 0) is 41.7 Å². The number of nitrogens with zero attached hydrogens (tertiary/aromatic N) is 2. The van der Waals surface area contributed by atoms with E-state index in [2.05, 4.69) is 15.1 Å². The van der Waals surface area contributed by atoms with E-state index in [9.17, 15) is 23.1 Å². The number of benzene rings is 2. The largest absolute Gasteiger partial charge is 0.465 e. The van der Waals surface area contributed by atoms with Crippen molar-refractivity contribution >= 4 is 61.6 Å². The summed E-state index contributed by atoms with van der Waals surface area (Å²) < 4.78 is 30.6. The van der Waals surface area contributed by atoms with Crippen LogP contribution in [0, 0.1) is 5.41 Å². The van der Waals surface area contributed by atoms with Crippen molar-refractivity contribution in [2.45, 2.75) is 44.5 Å². The number of aromatic nitrogens is 2. The van der Waals surface area contributed by atoms with Gasteiger partial charge in [-0.2, -0.15) is 5.10 Å². The molecule has 0 saturated carbocycles. The Morgan fingerprint density at radius 3 is 2.45 bits per heavy atom. The Bertz CT molecular complexity index is 1640. The lowest BCUT2D eigenvalue weighted by Gasteiger charge is -2.31. The maximum absolute atomic E-state index is 13.1. The first-order chi connectivity index (χ1) is 17.8. The fourth-order valence-electron chi connectivity index (χ4n) is 4.30. The molecule has 0 fully saturated rings. The Balaban J connectivity index is 1.78. The Morgan fingerprint density at radius 1 is 1.13 bits per heavy atom. The van der Waals surface area contributed by atoms with E-state index in [1.54, 1.807) is 22.9 Å². The van der Waals surface area contributed by atoms with Gasteiger partial charge in [0, 0.05) is 5.56 Å². The number of anilines is 1. The molecular weight excluding hydrogens is 548 g/mol. The monoisotopic (exact) mass is 574 g/mol. The number of sulfonamides is 1. The fraction of sp³-hybridized carbons (Fsp3) is 0.269. The maximum atomic E-state index is 13.1. The van der Waals surface area contributed by atoms with Gasteiger partial charge >= 0.3 is 6.09 Å². The Labute approximate surface area is 229 Å². The van der Waals surface area contributed by atoms with Crippen molar-refractivity contribution in [2.24, 2.45) is 5.41 Å². The summed E-state index contributed by atoms with van der Waals surface area (Å²) in [4.78, 5) is 23.9. The van der Waals surface area contributed by atoms with Crippen molar-refractivity contribution in [2.75, 3.05) is 4.72 Å². The quantitative estimate of drug-likeness (QED) is 0.216. The van der Waals surface area contributed by atoms with Crippen molar-refractivity contribution in [3.63, 3.8) is 0 Å². The van der Waals surface area contributed by atoms with Gasteiger partial charge in [-0.3, -0.25) is 14.2 Å². The van der Waals surface area contributed by atoms with Crippen molar-refractivity contribution in [1.82, 2.24) is 15.1 Å². The molecule has 9 nitrogen and oxygen atoms in total. The molecule has 2 aromatic carbocycles. The highest BCUT2D eigenvalue weighted by atomic mass is 35.5. The van der Waals surface area contributed by atoms with Crippen molar-refractivity contribution in [3.8, 4) is 0 Å². The van der Waals surface area contributed by atoms with E-state index in [-0.39, 0.29) is 27.8 Å². The van der Waals surface area contributed by atoms with Crippen LogP contribution in [0.2, 0.25) is 4.34 Å². The molecule has 38 heavy (non-hydrogen) atoms. The molecule has 3 N–H and O–H groups in total. The number of amides is 1. The molecule has 0 aliphatic heterocycles. The second kappa shape index (κ2) is 10.4. The third-order valence-electron chi connectivity index (χ3n) is 5.95. The number of hydrogen-bond donors (Lipinski definition) is 3. The van der Waals surface area contributed by atoms with Gasteiger partial charge in [0.2, 0.25) is 0 Å². The lowest BCUT2D eigenvalue weighted by molar-refractivity contribution is 0.101. The zero-order valence-electron chi connectivity index (χ0n) is 21.1. The Morgan fingerprint density at radius 2 is 1.84 bits per heavy atom. The normalized spacial score (nSPS) is 12.9. The van der Waals surface area contributed by atoms with Gasteiger partial charge in [-0.25, -0.2) is 13.2 Å². The number of thiophene rings is 1. The highest BCUT2D eigenvalue weighted by Crippen LogP contribution is 2.34. The molecular formula is C26H27ClN4O5S2. The average molecular weight is 575 g/mol. The number of fused-ring (bicyclic) bond motifs is 1. The van der Waals surface area contributed by atoms with Crippen LogP contribution in [0.4, 0.5) is 10.6 Å². The first-order valence-electron chi connectivity index (χ1n) is 11.6. The van der Waals surface area contributed by atoms with Crippen LogP contribution in [0.25, 0.3) is 10.9 Å². The van der Waals surface area contributed by atoms with E-state index in [1.807, 2.05) is 45.0 Å². The van der Waals surface area contributed by atoms with Crippen LogP contribution >= 0.6 is 22.9 Å². The van der Waals surface area contributed by atoms with Crippen LogP contribution in [0.1, 0.15) is 55.2 Å². The Hall–Kier alpha value is -3.41. The van der Waals surface area contributed by atoms with Crippen molar-refractivity contribution in [1.29, 1.82) is 0 Å². The summed E-state index contributed by atoms with van der Waals surface area (Å²) in [6.45, 7) is 7.51. The van der Waals surface area contributed by atoms with E-state index in [1.165, 1.54) is 19.1 Å². The number of carbonyl (C=O) groups is 2. The first-order valence-corrected chi connectivity index (χ1v) is 14.3. The molecule has 1 unspecified atom stereocenters. The van der Waals surface area contributed by atoms with Crippen LogP contribution in [0.15, 0.2) is 58.8 Å². The van der Waals surface area contributed by atoms with E-state index in [4.69, 9.17) is 11.6 Å². The zero-order valence-corrected chi connectivity index (χ0v) is 23.5. The molecule has 4 rings (SSSR count). The van der Waals surface area contributed by atoms with Crippen LogP contribution < -0.4 is 10.0 Å². The molecule has 4 aromatic rings. The Kier molecular flexibility index (Phi) is 7.55. The summed E-state index contributed by atoms with van der Waals surface area (Å²) in [6, 6.07) is 15.0. The molecule has 0 bridgehead atoms. The summed E-state index contributed by atoms with van der Waals surface area (Å²) >= 11 is 6.86. The molecule has 0 aliphatic rings. The van der Waals surface area contributed by atoms with Gasteiger partial charge in [-0.1, -0.05) is 68.8 Å². The lowest BCUT2D eigenvalue weighted by atomic mass is 9.82. The predicted octanol–water partition coefficient (Wildman–Crippen LogP) is 6.16. The number of nitrogens with one attached hydrogen (secondary N) is 2. The van der Waals surface area contributed by atoms with E-state index >= 15 is 0 Å². The van der Waals surface area contributed by atoms with Gasteiger partial charge < -0.3 is 10.4 Å². The van der Waals surface area contributed by atoms with Crippen LogP contribution in [-0.4, -0.2) is 35.2 Å². The van der Waals surface area contributed by atoms with Gasteiger partial charge in [0.25, 0.3) is 10.0 Å². The minimum atomic E-state index is -4.00. The lowest BCUT2D eigenvalue weighted by Crippen LogP contribution is -2.35. The molecule has 0 aliphatic carbocycles. The summed E-state index contributed by atoms with van der Waals surface area (Å²) in [5, 5.41) is 16.9. The zero-order chi connectivity index (χ0) is 27.8. The first kappa shape index (κ1) is 27.6. The maximum Gasteiger partial charge on any atom is 0.405 e. The van der Waals surface area contributed by atoms with Crippen molar-refractivity contribution < 1.29 is 23.1 Å². The minimum absolute atomic E-state index is 0.0253. The number of halogens is 1. The third kappa shape index (κ3) is 5.85. The molecule has 2 aromatic heterocycles. The molecule has 1 amide bonds. The number of carboxylic acid groups (broad SMARTS) is 1. The summed E-state index contributed by atoms with van der Waals surface area (Å²) in [5.74, 6) is -0.198. The van der Waals surface area contributed by atoms with E-state index in [0.717, 1.165) is 22.5 Å². The number of Topliss-reactive ketones (excluding diaryl/α,β-unsaturated/α-hetero) is 1.